The molecule has 1 N–H and O–H groups in total. The molecule has 1 aromatic rings. The number of hydrogen-bond donors (Lipinski definition) is 1. The minimum atomic E-state index is 0.417. The Kier molecular flexibility index (Phi) is 5.39. The summed E-state index contributed by atoms with van der Waals surface area (Å²) in [4.78, 5) is 4.44. The second kappa shape index (κ2) is 6.83. The summed E-state index contributed by atoms with van der Waals surface area (Å²) in [6.07, 6.45) is 3.28. The van der Waals surface area contributed by atoms with Crippen molar-refractivity contribution in [2.45, 2.75) is 36.8 Å². The van der Waals surface area contributed by atoms with E-state index in [0.29, 0.717) is 11.3 Å². The Morgan fingerprint density at radius 3 is 2.78 bits per heavy atom. The van der Waals surface area contributed by atoms with Gasteiger partial charge in [0.1, 0.15) is 0 Å². The summed E-state index contributed by atoms with van der Waals surface area (Å²) in [7, 11) is 2.07. The van der Waals surface area contributed by atoms with Crippen molar-refractivity contribution >= 4 is 23.5 Å². The lowest BCUT2D eigenvalue weighted by Gasteiger charge is -2.36. The van der Waals surface area contributed by atoms with Gasteiger partial charge in [0.25, 0.3) is 0 Å². The first-order chi connectivity index (χ1) is 8.76. The molecule has 1 saturated heterocycles. The van der Waals surface area contributed by atoms with Gasteiger partial charge in [0, 0.05) is 39.9 Å². The Hall–Kier alpha value is -0.190. The summed E-state index contributed by atoms with van der Waals surface area (Å²) in [6.45, 7) is 4.34. The minimum absolute atomic E-state index is 0.417. The molecule has 2 heterocycles. The summed E-state index contributed by atoms with van der Waals surface area (Å²) in [5, 5.41) is 4.91. The SMILES string of the molecule is CCC1SCCSC1C(NC)c1ccc(C)nc1. The van der Waals surface area contributed by atoms with Crippen molar-refractivity contribution < 1.29 is 0 Å². The molecule has 4 heteroatoms. The van der Waals surface area contributed by atoms with Gasteiger partial charge in [-0.25, -0.2) is 0 Å². The van der Waals surface area contributed by atoms with Gasteiger partial charge < -0.3 is 5.32 Å². The molecule has 0 spiro atoms. The maximum absolute atomic E-state index is 4.44. The zero-order valence-electron chi connectivity index (χ0n) is 11.3. The predicted molar refractivity (Wildman–Crippen MR) is 83.6 cm³/mol. The van der Waals surface area contributed by atoms with Crippen LogP contribution in [0.4, 0.5) is 0 Å². The Bertz CT molecular complexity index is 367. The van der Waals surface area contributed by atoms with Crippen LogP contribution in [0.5, 0.6) is 0 Å². The lowest BCUT2D eigenvalue weighted by molar-refractivity contribution is 0.542. The van der Waals surface area contributed by atoms with Crippen LogP contribution in [0.15, 0.2) is 18.3 Å². The molecule has 100 valence electrons. The first-order valence-electron chi connectivity index (χ1n) is 6.59. The summed E-state index contributed by atoms with van der Waals surface area (Å²) in [6, 6.07) is 4.75. The quantitative estimate of drug-likeness (QED) is 0.916. The number of pyridine rings is 1. The molecule has 18 heavy (non-hydrogen) atoms. The Morgan fingerprint density at radius 2 is 2.17 bits per heavy atom. The van der Waals surface area contributed by atoms with Crippen molar-refractivity contribution in [3.8, 4) is 0 Å². The van der Waals surface area contributed by atoms with Crippen molar-refractivity contribution in [1.29, 1.82) is 0 Å². The van der Waals surface area contributed by atoms with E-state index in [1.165, 1.54) is 23.5 Å². The maximum Gasteiger partial charge on any atom is 0.0464 e. The molecule has 3 unspecified atom stereocenters. The highest BCUT2D eigenvalue weighted by Crippen LogP contribution is 2.39. The van der Waals surface area contributed by atoms with E-state index in [1.807, 2.05) is 13.1 Å². The van der Waals surface area contributed by atoms with E-state index in [-0.39, 0.29) is 0 Å². The molecular formula is C14H22N2S2. The van der Waals surface area contributed by atoms with Gasteiger partial charge in [-0.05, 0) is 32.0 Å². The smallest absolute Gasteiger partial charge is 0.0464 e. The highest BCUT2D eigenvalue weighted by Gasteiger charge is 2.32. The summed E-state index contributed by atoms with van der Waals surface area (Å²) in [5.41, 5.74) is 2.41. The van der Waals surface area contributed by atoms with Gasteiger partial charge >= 0.3 is 0 Å². The second-order valence-electron chi connectivity index (χ2n) is 4.65. The molecule has 2 nitrogen and oxygen atoms in total. The lowest BCUT2D eigenvalue weighted by atomic mass is 10.0. The minimum Gasteiger partial charge on any atom is -0.312 e. The van der Waals surface area contributed by atoms with Crippen LogP contribution in [-0.2, 0) is 0 Å². The fourth-order valence-electron chi connectivity index (χ4n) is 2.43. The zero-order valence-corrected chi connectivity index (χ0v) is 13.0. The third-order valence-corrected chi connectivity index (χ3v) is 6.78. The Balaban J connectivity index is 2.18. The predicted octanol–water partition coefficient (Wildman–Crippen LogP) is 3.28. The van der Waals surface area contributed by atoms with Crippen LogP contribution in [0.25, 0.3) is 0 Å². The fourth-order valence-corrected chi connectivity index (χ4v) is 5.72. The van der Waals surface area contributed by atoms with E-state index in [0.717, 1.165) is 10.9 Å². The topological polar surface area (TPSA) is 24.9 Å². The van der Waals surface area contributed by atoms with Crippen molar-refractivity contribution in [3.63, 3.8) is 0 Å². The van der Waals surface area contributed by atoms with Gasteiger partial charge in [-0.15, -0.1) is 0 Å². The number of nitrogens with one attached hydrogen (secondary N) is 1. The van der Waals surface area contributed by atoms with Crippen LogP contribution >= 0.6 is 23.5 Å². The first-order valence-corrected chi connectivity index (χ1v) is 8.69. The zero-order chi connectivity index (χ0) is 13.0. The number of nitrogens with zero attached hydrogens (tertiary/aromatic N) is 1. The molecular weight excluding hydrogens is 260 g/mol. The molecule has 3 atom stereocenters. The molecule has 0 saturated carbocycles. The third kappa shape index (κ3) is 3.22. The number of aromatic nitrogens is 1. The number of rotatable bonds is 4. The lowest BCUT2D eigenvalue weighted by Crippen LogP contribution is -2.37. The molecule has 1 fully saturated rings. The van der Waals surface area contributed by atoms with Gasteiger partial charge in [-0.1, -0.05) is 13.0 Å². The van der Waals surface area contributed by atoms with E-state index in [1.54, 1.807) is 0 Å². The molecule has 1 aliphatic heterocycles. The molecule has 1 aromatic heterocycles. The van der Waals surface area contributed by atoms with Crippen molar-refractivity contribution in [1.82, 2.24) is 10.3 Å². The monoisotopic (exact) mass is 282 g/mol. The summed E-state index contributed by atoms with van der Waals surface area (Å²) < 4.78 is 0. The van der Waals surface area contributed by atoms with Gasteiger partial charge in [-0.2, -0.15) is 23.5 Å². The normalized spacial score (nSPS) is 25.9. The van der Waals surface area contributed by atoms with Gasteiger partial charge in [0.15, 0.2) is 0 Å². The average molecular weight is 282 g/mol. The van der Waals surface area contributed by atoms with Crippen molar-refractivity contribution in [3.05, 3.63) is 29.6 Å². The van der Waals surface area contributed by atoms with Crippen molar-refractivity contribution in [2.75, 3.05) is 18.6 Å². The number of aryl methyl sites for hydroxylation is 1. The highest BCUT2D eigenvalue weighted by atomic mass is 32.2. The number of thioether (sulfide) groups is 2. The molecule has 0 amide bonds. The van der Waals surface area contributed by atoms with Gasteiger partial charge in [0.2, 0.25) is 0 Å². The van der Waals surface area contributed by atoms with E-state index < -0.39 is 0 Å². The van der Waals surface area contributed by atoms with E-state index in [4.69, 9.17) is 0 Å². The van der Waals surface area contributed by atoms with Crippen LogP contribution in [0.1, 0.15) is 30.6 Å². The Morgan fingerprint density at radius 1 is 1.39 bits per heavy atom. The maximum atomic E-state index is 4.44. The molecule has 0 aromatic carbocycles. The molecule has 0 aliphatic carbocycles. The standard InChI is InChI=1S/C14H22N2S2/c1-4-12-14(18-8-7-17-12)13(15-3)11-6-5-10(2)16-9-11/h5-6,9,12-15H,4,7-8H2,1-3H3. The van der Waals surface area contributed by atoms with Crippen LogP contribution in [0.2, 0.25) is 0 Å². The van der Waals surface area contributed by atoms with E-state index >= 15 is 0 Å². The van der Waals surface area contributed by atoms with Crippen LogP contribution in [0, 0.1) is 6.92 Å². The number of hydrogen-bond acceptors (Lipinski definition) is 4. The van der Waals surface area contributed by atoms with Crippen LogP contribution in [-0.4, -0.2) is 34.0 Å². The molecule has 2 rings (SSSR count). The highest BCUT2D eigenvalue weighted by molar-refractivity contribution is 8.07. The molecule has 0 bridgehead atoms. The summed E-state index contributed by atoms with van der Waals surface area (Å²) in [5.74, 6) is 2.56. The Labute approximate surface area is 119 Å². The van der Waals surface area contributed by atoms with Crippen molar-refractivity contribution in [2.24, 2.45) is 0 Å². The second-order valence-corrected chi connectivity index (χ2v) is 7.29. The molecule has 1 aliphatic rings. The largest absolute Gasteiger partial charge is 0.312 e. The fraction of sp³-hybridized carbons (Fsp3) is 0.643. The van der Waals surface area contributed by atoms with E-state index in [2.05, 4.69) is 59.9 Å². The summed E-state index contributed by atoms with van der Waals surface area (Å²) >= 11 is 4.25. The van der Waals surface area contributed by atoms with E-state index in [9.17, 15) is 0 Å². The van der Waals surface area contributed by atoms with Gasteiger partial charge in [0.05, 0.1) is 0 Å². The van der Waals surface area contributed by atoms with Gasteiger partial charge in [-0.3, -0.25) is 4.98 Å². The van der Waals surface area contributed by atoms with Crippen LogP contribution < -0.4 is 5.32 Å². The molecule has 0 radical (unpaired) electrons. The third-order valence-electron chi connectivity index (χ3n) is 3.43. The average Bonchev–Trinajstić information content (AvgIpc) is 2.42. The van der Waals surface area contributed by atoms with Crippen LogP contribution in [0.3, 0.4) is 0 Å². The first kappa shape index (κ1) is 14.2.